The molecule has 0 aromatic heterocycles. The molecule has 0 atom stereocenters. The minimum absolute atomic E-state index is 1.12. The van der Waals surface area contributed by atoms with Crippen LogP contribution in [0.15, 0.2) is 183 Å². The van der Waals surface area contributed by atoms with Crippen LogP contribution in [-0.2, 0) is 0 Å². The highest BCUT2D eigenvalue weighted by molar-refractivity contribution is 6.31. The summed E-state index contributed by atoms with van der Waals surface area (Å²) in [5.41, 5.74) is 16.3. The van der Waals surface area contributed by atoms with Crippen molar-refractivity contribution in [1.29, 1.82) is 0 Å². The lowest BCUT2D eigenvalue weighted by Crippen LogP contribution is -1.93. The first-order valence-corrected chi connectivity index (χ1v) is 17.3. The summed E-state index contributed by atoms with van der Waals surface area (Å²) in [7, 11) is 0. The summed E-state index contributed by atoms with van der Waals surface area (Å²) < 4.78 is 0. The van der Waals surface area contributed by atoms with E-state index in [1.54, 1.807) is 0 Å². The zero-order chi connectivity index (χ0) is 33.2. The average Bonchev–Trinajstić information content (AvgIpc) is 3.52. The lowest BCUT2D eigenvalue weighted by Gasteiger charge is -2.20. The molecule has 0 heterocycles. The lowest BCUT2D eigenvalue weighted by atomic mass is 9.82. The van der Waals surface area contributed by atoms with Gasteiger partial charge < -0.3 is 0 Å². The fraction of sp³-hybridized carbons (Fsp3) is 0. The summed E-state index contributed by atoms with van der Waals surface area (Å²) >= 11 is 0. The summed E-state index contributed by atoms with van der Waals surface area (Å²) in [5, 5.41) is 7.67. The third kappa shape index (κ3) is 4.19. The van der Waals surface area contributed by atoms with Gasteiger partial charge in [-0.3, -0.25) is 0 Å². The van der Waals surface area contributed by atoms with E-state index in [1.807, 2.05) is 6.08 Å². The van der Waals surface area contributed by atoms with Crippen LogP contribution in [0, 0.1) is 0 Å². The Balaban J connectivity index is 1.41. The van der Waals surface area contributed by atoms with Gasteiger partial charge in [0.15, 0.2) is 0 Å². The molecular formula is C50H32. The minimum Gasteiger partial charge on any atom is -0.0985 e. The van der Waals surface area contributed by atoms with Crippen LogP contribution >= 0.6 is 0 Å². The molecule has 0 radical (unpaired) electrons. The fourth-order valence-electron chi connectivity index (χ4n) is 8.42. The Morgan fingerprint density at radius 2 is 0.780 bits per heavy atom. The molecule has 50 heavy (non-hydrogen) atoms. The molecule has 1 aliphatic rings. The van der Waals surface area contributed by atoms with Crippen molar-refractivity contribution < 1.29 is 0 Å². The van der Waals surface area contributed by atoms with Crippen LogP contribution in [0.3, 0.4) is 0 Å². The van der Waals surface area contributed by atoms with Crippen LogP contribution in [0.25, 0.3) is 105 Å². The van der Waals surface area contributed by atoms with Gasteiger partial charge in [-0.15, -0.1) is 0 Å². The third-order valence-electron chi connectivity index (χ3n) is 10.6. The highest BCUT2D eigenvalue weighted by atomic mass is 14.3. The maximum absolute atomic E-state index is 4.01. The van der Waals surface area contributed by atoms with Gasteiger partial charge in [-0.2, -0.15) is 0 Å². The van der Waals surface area contributed by atoms with Crippen LogP contribution in [0.4, 0.5) is 0 Å². The van der Waals surface area contributed by atoms with Crippen molar-refractivity contribution in [2.24, 2.45) is 0 Å². The summed E-state index contributed by atoms with van der Waals surface area (Å²) in [6.45, 7) is 4.01. The van der Waals surface area contributed by atoms with E-state index >= 15 is 0 Å². The molecule has 9 aromatic rings. The number of fused-ring (bicyclic) bond motifs is 5. The van der Waals surface area contributed by atoms with E-state index in [-0.39, 0.29) is 0 Å². The Kier molecular flexibility index (Phi) is 6.44. The molecule has 0 spiro atoms. The zero-order valence-electron chi connectivity index (χ0n) is 27.5. The maximum Gasteiger partial charge on any atom is -0.000740 e. The molecular weight excluding hydrogens is 601 g/mol. The molecule has 0 heteroatoms. The summed E-state index contributed by atoms with van der Waals surface area (Å²) in [6, 6.07) is 64.7. The van der Waals surface area contributed by atoms with Crippen LogP contribution in [0.1, 0.15) is 5.56 Å². The Hall–Kier alpha value is -6.50. The number of rotatable bonds is 5. The molecule has 0 amide bonds. The molecule has 0 saturated carbocycles. The van der Waals surface area contributed by atoms with Crippen molar-refractivity contribution in [2.45, 2.75) is 0 Å². The van der Waals surface area contributed by atoms with Gasteiger partial charge in [0.2, 0.25) is 0 Å². The van der Waals surface area contributed by atoms with Crippen molar-refractivity contribution in [2.75, 3.05) is 0 Å². The molecule has 0 N–H and O–H groups in total. The molecule has 0 bridgehead atoms. The van der Waals surface area contributed by atoms with Crippen molar-refractivity contribution in [3.05, 3.63) is 188 Å². The van der Waals surface area contributed by atoms with Crippen LogP contribution in [0.5, 0.6) is 0 Å². The van der Waals surface area contributed by atoms with Gasteiger partial charge in [0.05, 0.1) is 0 Å². The van der Waals surface area contributed by atoms with E-state index in [1.165, 1.54) is 99.1 Å². The Labute approximate surface area is 292 Å². The van der Waals surface area contributed by atoms with Crippen molar-refractivity contribution in [3.63, 3.8) is 0 Å². The maximum atomic E-state index is 4.01. The first kappa shape index (κ1) is 28.5. The third-order valence-corrected chi connectivity index (χ3v) is 10.6. The molecule has 0 unspecified atom stereocenters. The van der Waals surface area contributed by atoms with Gasteiger partial charge in [-0.25, -0.2) is 0 Å². The smallest absolute Gasteiger partial charge is 0.000740 e. The predicted octanol–water partition coefficient (Wildman–Crippen LogP) is 14.1. The second-order valence-electron chi connectivity index (χ2n) is 13.2. The first-order valence-electron chi connectivity index (χ1n) is 17.3. The number of benzene rings is 9. The number of hydrogen-bond acceptors (Lipinski definition) is 0. The molecule has 9 aromatic carbocycles. The average molecular weight is 633 g/mol. The largest absolute Gasteiger partial charge is 0.0985 e. The van der Waals surface area contributed by atoms with Gasteiger partial charge in [-0.05, 0) is 105 Å². The molecule has 0 saturated heterocycles. The van der Waals surface area contributed by atoms with Crippen LogP contribution in [0.2, 0.25) is 0 Å². The van der Waals surface area contributed by atoms with Gasteiger partial charge in [0.25, 0.3) is 0 Å². The van der Waals surface area contributed by atoms with E-state index in [0.717, 1.165) is 5.56 Å². The molecule has 232 valence electrons. The van der Waals surface area contributed by atoms with Gasteiger partial charge in [0, 0.05) is 0 Å². The SMILES string of the molecule is C=Cc1ccc(-c2ccc3c4c(ccc(-c5cccc6ccccc56)c24)-c2c-3c(-c3ccccc3)c3ccccc3c2-c2ccccc2)cc1. The molecule has 0 nitrogen and oxygen atoms in total. The van der Waals surface area contributed by atoms with E-state index in [9.17, 15) is 0 Å². The Morgan fingerprint density at radius 1 is 0.300 bits per heavy atom. The quantitative estimate of drug-likeness (QED) is 0.177. The van der Waals surface area contributed by atoms with E-state index in [2.05, 4.69) is 183 Å². The summed E-state index contributed by atoms with van der Waals surface area (Å²) in [4.78, 5) is 0. The minimum atomic E-state index is 1.12. The second kappa shape index (κ2) is 11.3. The summed E-state index contributed by atoms with van der Waals surface area (Å²) in [5.74, 6) is 0. The first-order chi connectivity index (χ1) is 24.8. The van der Waals surface area contributed by atoms with Gasteiger partial charge in [-0.1, -0.05) is 189 Å². The highest BCUT2D eigenvalue weighted by Gasteiger charge is 2.32. The number of hydrogen-bond donors (Lipinski definition) is 0. The second-order valence-corrected chi connectivity index (χ2v) is 13.2. The van der Waals surface area contributed by atoms with E-state index in [0.29, 0.717) is 0 Å². The Morgan fingerprint density at radius 3 is 1.38 bits per heavy atom. The predicted molar refractivity (Wildman–Crippen MR) is 215 cm³/mol. The highest BCUT2D eigenvalue weighted by Crippen LogP contribution is 2.59. The zero-order valence-corrected chi connectivity index (χ0v) is 27.5. The molecule has 0 aliphatic heterocycles. The monoisotopic (exact) mass is 632 g/mol. The van der Waals surface area contributed by atoms with E-state index < -0.39 is 0 Å². The van der Waals surface area contributed by atoms with Crippen molar-refractivity contribution in [3.8, 4) is 66.8 Å². The van der Waals surface area contributed by atoms with Gasteiger partial charge >= 0.3 is 0 Å². The van der Waals surface area contributed by atoms with Crippen molar-refractivity contribution >= 4 is 38.4 Å². The molecule has 10 rings (SSSR count). The molecule has 1 aliphatic carbocycles. The normalized spacial score (nSPS) is 11.7. The molecule has 0 fully saturated rings. The van der Waals surface area contributed by atoms with Crippen molar-refractivity contribution in [1.82, 2.24) is 0 Å². The summed E-state index contributed by atoms with van der Waals surface area (Å²) in [6.07, 6.45) is 1.91. The van der Waals surface area contributed by atoms with Crippen LogP contribution in [-0.4, -0.2) is 0 Å². The topological polar surface area (TPSA) is 0 Å². The van der Waals surface area contributed by atoms with E-state index in [4.69, 9.17) is 0 Å². The van der Waals surface area contributed by atoms with Gasteiger partial charge in [0.1, 0.15) is 0 Å². The lowest BCUT2D eigenvalue weighted by molar-refractivity contribution is 1.62. The standard InChI is InChI=1S/C50H32/c1-2-32-24-26-34(27-25-32)38-28-30-43-48-44(31-29-42(47(38)48)39-23-13-19-33-14-9-10-20-37(33)39)50-46(36-17-7-4-8-18-36)41-22-12-11-21-40(41)45(49(43)50)35-15-5-3-6-16-35/h2-31H,1H2. The Bertz CT molecular complexity index is 2690. The van der Waals surface area contributed by atoms with Crippen LogP contribution < -0.4 is 0 Å². The fourth-order valence-corrected chi connectivity index (χ4v) is 8.42.